The molecule has 0 aromatic heterocycles. The Bertz CT molecular complexity index is 1030. The number of nitrogens with zero attached hydrogens (tertiary/aromatic N) is 2. The van der Waals surface area contributed by atoms with Crippen molar-refractivity contribution in [3.05, 3.63) is 63.7 Å². The van der Waals surface area contributed by atoms with Gasteiger partial charge in [-0.25, -0.2) is 8.42 Å². The van der Waals surface area contributed by atoms with E-state index >= 15 is 0 Å². The molecule has 2 amide bonds. The van der Waals surface area contributed by atoms with Gasteiger partial charge in [0, 0.05) is 16.2 Å². The number of hydrogen-bond acceptors (Lipinski definition) is 4. The number of carbonyl (C=O) groups excluding carboxylic acids is 2. The summed E-state index contributed by atoms with van der Waals surface area (Å²) in [6.07, 6.45) is 2.05. The molecular weight excluding hydrogens is 553 g/mol. The number of rotatable bonds is 11. The first kappa shape index (κ1) is 27.1. The average Bonchev–Trinajstić information content (AvgIpc) is 2.75. The van der Waals surface area contributed by atoms with Crippen LogP contribution in [0.3, 0.4) is 0 Å². The number of anilines is 1. The lowest BCUT2D eigenvalue weighted by Crippen LogP contribution is -2.54. The zero-order valence-electron chi connectivity index (χ0n) is 19.5. The summed E-state index contributed by atoms with van der Waals surface area (Å²) in [5, 5.41) is 2.88. The number of hydrogen-bond donors (Lipinski definition) is 1. The molecule has 9 heteroatoms. The summed E-state index contributed by atoms with van der Waals surface area (Å²) in [6, 6.07) is 15.9. The van der Waals surface area contributed by atoms with Gasteiger partial charge in [-0.1, -0.05) is 37.3 Å². The van der Waals surface area contributed by atoms with E-state index in [0.29, 0.717) is 25.1 Å². The van der Waals surface area contributed by atoms with Gasteiger partial charge in [0.15, 0.2) is 0 Å². The Labute approximate surface area is 210 Å². The minimum absolute atomic E-state index is 0.0723. The molecule has 0 unspecified atom stereocenters. The Balaban J connectivity index is 2.34. The van der Waals surface area contributed by atoms with Gasteiger partial charge in [0.25, 0.3) is 0 Å². The Morgan fingerprint density at radius 3 is 2.15 bits per heavy atom. The highest BCUT2D eigenvalue weighted by Gasteiger charge is 2.31. The summed E-state index contributed by atoms with van der Waals surface area (Å²) in [6.45, 7) is 5.50. The summed E-state index contributed by atoms with van der Waals surface area (Å²) in [5.74, 6) is -0.658. The van der Waals surface area contributed by atoms with Gasteiger partial charge in [-0.3, -0.25) is 13.9 Å². The lowest BCUT2D eigenvalue weighted by atomic mass is 10.1. The van der Waals surface area contributed by atoms with Crippen LogP contribution in [0, 0.1) is 3.57 Å². The molecule has 0 heterocycles. The standard InChI is InChI=1S/C24H32IN3O4S/c1-5-22(24(30)26-18(2)3)27(16-15-19-9-7-6-8-10-19)23(29)17-28(33(4,31)32)21-13-11-20(25)12-14-21/h6-14,18,22H,5,15-17H2,1-4H3,(H,26,30)/t22-/m1/s1. The summed E-state index contributed by atoms with van der Waals surface area (Å²) >= 11 is 2.14. The first-order valence-corrected chi connectivity index (χ1v) is 13.8. The number of benzene rings is 2. The predicted octanol–water partition coefficient (Wildman–Crippen LogP) is 3.43. The van der Waals surface area contributed by atoms with Gasteiger partial charge in [-0.2, -0.15) is 0 Å². The van der Waals surface area contributed by atoms with Gasteiger partial charge >= 0.3 is 0 Å². The molecule has 0 saturated carbocycles. The van der Waals surface area contributed by atoms with Gasteiger partial charge in [-0.15, -0.1) is 0 Å². The quantitative estimate of drug-likeness (QED) is 0.410. The number of sulfonamides is 1. The van der Waals surface area contributed by atoms with Crippen molar-refractivity contribution in [2.45, 2.75) is 45.7 Å². The van der Waals surface area contributed by atoms with Crippen LogP contribution in [-0.2, 0) is 26.0 Å². The van der Waals surface area contributed by atoms with Crippen LogP contribution in [0.25, 0.3) is 0 Å². The first-order valence-electron chi connectivity index (χ1n) is 10.9. The molecule has 0 saturated heterocycles. The summed E-state index contributed by atoms with van der Waals surface area (Å²) in [4.78, 5) is 27.9. The van der Waals surface area contributed by atoms with E-state index in [9.17, 15) is 18.0 Å². The highest BCUT2D eigenvalue weighted by atomic mass is 127. The summed E-state index contributed by atoms with van der Waals surface area (Å²) < 4.78 is 27.1. The van der Waals surface area contributed by atoms with Crippen LogP contribution in [0.2, 0.25) is 0 Å². The van der Waals surface area contributed by atoms with Crippen molar-refractivity contribution in [2.75, 3.05) is 23.7 Å². The van der Waals surface area contributed by atoms with Gasteiger partial charge in [0.1, 0.15) is 12.6 Å². The maximum absolute atomic E-state index is 13.5. The normalized spacial score (nSPS) is 12.3. The minimum Gasteiger partial charge on any atom is -0.352 e. The molecule has 2 rings (SSSR count). The van der Waals surface area contributed by atoms with Crippen molar-refractivity contribution in [3.8, 4) is 0 Å². The molecule has 2 aromatic carbocycles. The second-order valence-corrected chi connectivity index (χ2v) is 11.3. The molecule has 0 bridgehead atoms. The molecule has 0 aliphatic rings. The second-order valence-electron chi connectivity index (χ2n) is 8.16. The molecular formula is C24H32IN3O4S. The second kappa shape index (κ2) is 12.4. The molecule has 180 valence electrons. The highest BCUT2D eigenvalue weighted by Crippen LogP contribution is 2.20. The number of carbonyl (C=O) groups is 2. The Morgan fingerprint density at radius 1 is 1.03 bits per heavy atom. The minimum atomic E-state index is -3.72. The van der Waals surface area contributed by atoms with E-state index in [0.717, 1.165) is 19.7 Å². The third-order valence-corrected chi connectivity index (χ3v) is 6.95. The average molecular weight is 586 g/mol. The molecule has 0 spiro atoms. The molecule has 0 radical (unpaired) electrons. The fourth-order valence-corrected chi connectivity index (χ4v) is 4.71. The van der Waals surface area contributed by atoms with Crippen molar-refractivity contribution < 1.29 is 18.0 Å². The monoisotopic (exact) mass is 585 g/mol. The molecule has 1 N–H and O–H groups in total. The van der Waals surface area contributed by atoms with Crippen LogP contribution in [0.15, 0.2) is 54.6 Å². The zero-order chi connectivity index (χ0) is 24.6. The molecule has 0 aliphatic heterocycles. The molecule has 0 aliphatic carbocycles. The maximum atomic E-state index is 13.5. The predicted molar refractivity (Wildman–Crippen MR) is 141 cm³/mol. The number of amides is 2. The van der Waals surface area contributed by atoms with Crippen LogP contribution < -0.4 is 9.62 Å². The number of nitrogens with one attached hydrogen (secondary N) is 1. The zero-order valence-corrected chi connectivity index (χ0v) is 22.5. The Hall–Kier alpha value is -2.14. The van der Waals surface area contributed by atoms with Gasteiger partial charge < -0.3 is 10.2 Å². The van der Waals surface area contributed by atoms with Crippen LogP contribution in [0.4, 0.5) is 5.69 Å². The molecule has 2 aromatic rings. The topological polar surface area (TPSA) is 86.8 Å². The molecule has 1 atom stereocenters. The fourth-order valence-electron chi connectivity index (χ4n) is 3.50. The van der Waals surface area contributed by atoms with E-state index in [-0.39, 0.29) is 18.5 Å². The molecule has 0 fully saturated rings. The van der Waals surface area contributed by atoms with E-state index in [4.69, 9.17) is 0 Å². The van der Waals surface area contributed by atoms with Crippen LogP contribution in [0.1, 0.15) is 32.8 Å². The van der Waals surface area contributed by atoms with E-state index in [2.05, 4.69) is 27.9 Å². The number of halogens is 1. The largest absolute Gasteiger partial charge is 0.352 e. The lowest BCUT2D eigenvalue weighted by molar-refractivity contribution is -0.139. The van der Waals surface area contributed by atoms with Crippen LogP contribution in [-0.4, -0.2) is 56.6 Å². The lowest BCUT2D eigenvalue weighted by Gasteiger charge is -2.33. The van der Waals surface area contributed by atoms with Gasteiger partial charge in [-0.05, 0) is 79.1 Å². The van der Waals surface area contributed by atoms with Crippen LogP contribution >= 0.6 is 22.6 Å². The van der Waals surface area contributed by atoms with E-state index < -0.39 is 22.0 Å². The molecule has 33 heavy (non-hydrogen) atoms. The Kier molecular flexibility index (Phi) is 10.2. The first-order chi connectivity index (χ1) is 15.5. The maximum Gasteiger partial charge on any atom is 0.244 e. The van der Waals surface area contributed by atoms with Gasteiger partial charge in [0.05, 0.1) is 11.9 Å². The third kappa shape index (κ3) is 8.29. The van der Waals surface area contributed by atoms with E-state index in [1.807, 2.05) is 51.1 Å². The smallest absolute Gasteiger partial charge is 0.244 e. The van der Waals surface area contributed by atoms with Gasteiger partial charge in [0.2, 0.25) is 21.8 Å². The van der Waals surface area contributed by atoms with E-state index in [1.165, 1.54) is 4.90 Å². The van der Waals surface area contributed by atoms with Crippen molar-refractivity contribution in [3.63, 3.8) is 0 Å². The van der Waals surface area contributed by atoms with Crippen molar-refractivity contribution >= 4 is 50.1 Å². The van der Waals surface area contributed by atoms with Crippen molar-refractivity contribution in [1.82, 2.24) is 10.2 Å². The highest BCUT2D eigenvalue weighted by molar-refractivity contribution is 14.1. The van der Waals surface area contributed by atoms with E-state index in [1.54, 1.807) is 24.3 Å². The Morgan fingerprint density at radius 2 is 1.64 bits per heavy atom. The summed E-state index contributed by atoms with van der Waals surface area (Å²) in [5.41, 5.74) is 1.45. The fraction of sp³-hybridized carbons (Fsp3) is 0.417. The molecule has 7 nitrogen and oxygen atoms in total. The van der Waals surface area contributed by atoms with Crippen LogP contribution in [0.5, 0.6) is 0 Å². The SMILES string of the molecule is CC[C@H](C(=O)NC(C)C)N(CCc1ccccc1)C(=O)CN(c1ccc(I)cc1)S(C)(=O)=O. The van der Waals surface area contributed by atoms with Crippen molar-refractivity contribution in [2.24, 2.45) is 0 Å². The third-order valence-electron chi connectivity index (χ3n) is 5.09. The summed E-state index contributed by atoms with van der Waals surface area (Å²) in [7, 11) is -3.72. The van der Waals surface area contributed by atoms with Crippen molar-refractivity contribution in [1.29, 1.82) is 0 Å².